The van der Waals surface area contributed by atoms with Crippen LogP contribution >= 0.6 is 0 Å². The Balaban J connectivity index is 1.62. The Morgan fingerprint density at radius 1 is 1.23 bits per heavy atom. The maximum atomic E-state index is 14.0. The lowest BCUT2D eigenvalue weighted by atomic mass is 10.2. The van der Waals surface area contributed by atoms with Gasteiger partial charge in [0.05, 0.1) is 12.3 Å². The Kier molecular flexibility index (Phi) is 6.42. The van der Waals surface area contributed by atoms with Crippen LogP contribution in [0.4, 0.5) is 14.9 Å². The molecule has 1 aromatic heterocycles. The number of hydrogen-bond acceptors (Lipinski definition) is 4. The molecular formula is C22H28FN5O2. The summed E-state index contributed by atoms with van der Waals surface area (Å²) in [6.45, 7) is 18.4. The van der Waals surface area contributed by atoms with Gasteiger partial charge in [0.25, 0.3) is 0 Å². The molecule has 1 aliphatic rings. The molecule has 1 fully saturated rings. The maximum absolute atomic E-state index is 14.0. The first-order valence-electron chi connectivity index (χ1n) is 10.0. The summed E-state index contributed by atoms with van der Waals surface area (Å²) in [5.74, 6) is 0.354. The monoisotopic (exact) mass is 413 g/mol. The van der Waals surface area contributed by atoms with Gasteiger partial charge in [0.15, 0.2) is 0 Å². The van der Waals surface area contributed by atoms with Crippen LogP contribution in [0.25, 0.3) is 4.85 Å². The molecule has 2 heterocycles. The van der Waals surface area contributed by atoms with Crippen molar-refractivity contribution in [1.82, 2.24) is 19.4 Å². The molecule has 0 spiro atoms. The van der Waals surface area contributed by atoms with E-state index in [4.69, 9.17) is 11.3 Å². The summed E-state index contributed by atoms with van der Waals surface area (Å²) in [6, 6.07) is 4.70. The number of amides is 1. The second kappa shape index (κ2) is 8.84. The lowest BCUT2D eigenvalue weighted by Crippen LogP contribution is -2.49. The van der Waals surface area contributed by atoms with Gasteiger partial charge in [-0.15, -0.1) is 0 Å². The van der Waals surface area contributed by atoms with E-state index in [9.17, 15) is 9.18 Å². The van der Waals surface area contributed by atoms with Crippen LogP contribution in [-0.4, -0.2) is 57.2 Å². The average Bonchev–Trinajstić information content (AvgIpc) is 3.01. The second-order valence-corrected chi connectivity index (χ2v) is 8.52. The molecule has 0 saturated carbocycles. The van der Waals surface area contributed by atoms with Gasteiger partial charge in [-0.2, -0.15) is 0 Å². The van der Waals surface area contributed by atoms with Gasteiger partial charge in [0, 0.05) is 45.5 Å². The molecule has 0 unspecified atom stereocenters. The minimum atomic E-state index is -0.500. The number of aromatic nitrogens is 2. The number of halogens is 1. The number of nitrogens with zero attached hydrogens (tertiary/aromatic N) is 5. The number of carbonyl (C=O) groups excluding carboxylic acids is 1. The van der Waals surface area contributed by atoms with Crippen LogP contribution < -0.4 is 0 Å². The number of piperazine rings is 1. The van der Waals surface area contributed by atoms with Crippen LogP contribution in [-0.2, 0) is 17.8 Å². The molecule has 2 aromatic rings. The van der Waals surface area contributed by atoms with Gasteiger partial charge in [0.1, 0.15) is 17.2 Å². The fourth-order valence-electron chi connectivity index (χ4n) is 3.42. The van der Waals surface area contributed by atoms with Gasteiger partial charge in [-0.1, -0.05) is 12.1 Å². The summed E-state index contributed by atoms with van der Waals surface area (Å²) in [7, 11) is 0. The quantitative estimate of drug-likeness (QED) is 0.712. The molecule has 1 aliphatic heterocycles. The van der Waals surface area contributed by atoms with Crippen molar-refractivity contribution in [3.63, 3.8) is 0 Å². The van der Waals surface area contributed by atoms with Crippen molar-refractivity contribution in [3.05, 3.63) is 58.7 Å². The zero-order chi connectivity index (χ0) is 21.9. The highest BCUT2D eigenvalue weighted by molar-refractivity contribution is 5.68. The summed E-state index contributed by atoms with van der Waals surface area (Å²) >= 11 is 0. The number of carbonyl (C=O) groups is 1. The number of imidazole rings is 1. The van der Waals surface area contributed by atoms with Gasteiger partial charge >= 0.3 is 6.09 Å². The molecule has 30 heavy (non-hydrogen) atoms. The van der Waals surface area contributed by atoms with Crippen LogP contribution in [0.2, 0.25) is 0 Å². The van der Waals surface area contributed by atoms with E-state index in [1.54, 1.807) is 11.0 Å². The normalized spacial score (nSPS) is 15.1. The molecule has 0 N–H and O–H groups in total. The van der Waals surface area contributed by atoms with E-state index in [-0.39, 0.29) is 11.8 Å². The van der Waals surface area contributed by atoms with Crippen LogP contribution in [0.5, 0.6) is 0 Å². The van der Waals surface area contributed by atoms with Crippen LogP contribution in [0.15, 0.2) is 24.4 Å². The summed E-state index contributed by atoms with van der Waals surface area (Å²) in [5.41, 5.74) is 1.36. The number of rotatable bonds is 4. The van der Waals surface area contributed by atoms with E-state index < -0.39 is 11.4 Å². The highest BCUT2D eigenvalue weighted by Gasteiger charge is 2.26. The zero-order valence-electron chi connectivity index (χ0n) is 18.0. The van der Waals surface area contributed by atoms with E-state index in [0.717, 1.165) is 30.2 Å². The standard InChI is InChI=1S/C22H28FN5O2/c1-16-25-13-18(28(16)14-17-6-7-20(24-5)19(23)12-17)15-26-8-10-27(11-9-26)21(29)30-22(2,3)4/h6-7,12-13H,8-11,14-15H2,1-4H3. The molecule has 7 nitrogen and oxygen atoms in total. The van der Waals surface area contributed by atoms with Gasteiger partial charge in [-0.05, 0) is 39.3 Å². The molecule has 0 bridgehead atoms. The minimum absolute atomic E-state index is 0.0317. The lowest BCUT2D eigenvalue weighted by molar-refractivity contribution is 0.0137. The number of hydrogen-bond donors (Lipinski definition) is 0. The smallest absolute Gasteiger partial charge is 0.410 e. The van der Waals surface area contributed by atoms with Crippen molar-refractivity contribution < 1.29 is 13.9 Å². The Morgan fingerprint density at radius 3 is 2.53 bits per heavy atom. The highest BCUT2D eigenvalue weighted by Crippen LogP contribution is 2.21. The first-order valence-corrected chi connectivity index (χ1v) is 10.0. The van der Waals surface area contributed by atoms with Gasteiger partial charge in [-0.3, -0.25) is 4.90 Å². The summed E-state index contributed by atoms with van der Waals surface area (Å²) in [4.78, 5) is 23.8. The SMILES string of the molecule is [C-]#[N+]c1ccc(Cn2c(CN3CCN(C(=O)OC(C)(C)C)CC3)cnc2C)cc1F. The third kappa shape index (κ3) is 5.36. The van der Waals surface area contributed by atoms with Crippen LogP contribution in [0.3, 0.4) is 0 Å². The van der Waals surface area contributed by atoms with Gasteiger partial charge in [0.2, 0.25) is 5.69 Å². The molecule has 0 atom stereocenters. The zero-order valence-corrected chi connectivity index (χ0v) is 18.0. The fraction of sp³-hybridized carbons (Fsp3) is 0.500. The molecular weight excluding hydrogens is 385 g/mol. The van der Waals surface area contributed by atoms with Gasteiger partial charge < -0.3 is 14.2 Å². The topological polar surface area (TPSA) is 55.0 Å². The fourth-order valence-corrected chi connectivity index (χ4v) is 3.42. The van der Waals surface area contributed by atoms with Crippen LogP contribution in [0.1, 0.15) is 37.9 Å². The van der Waals surface area contributed by atoms with Crippen molar-refractivity contribution in [2.75, 3.05) is 26.2 Å². The predicted octanol–water partition coefficient (Wildman–Crippen LogP) is 3.98. The molecule has 0 aliphatic carbocycles. The predicted molar refractivity (Wildman–Crippen MR) is 112 cm³/mol. The number of aryl methyl sites for hydroxylation is 1. The van der Waals surface area contributed by atoms with Crippen molar-refractivity contribution in [2.24, 2.45) is 0 Å². The van der Waals surface area contributed by atoms with Crippen molar-refractivity contribution >= 4 is 11.8 Å². The summed E-state index contributed by atoms with van der Waals surface area (Å²) in [6.07, 6.45) is 1.58. The molecule has 1 amide bonds. The molecule has 3 rings (SSSR count). The average molecular weight is 413 g/mol. The van der Waals surface area contributed by atoms with Crippen molar-refractivity contribution in [1.29, 1.82) is 0 Å². The number of ether oxygens (including phenoxy) is 1. The molecule has 160 valence electrons. The Morgan fingerprint density at radius 2 is 1.93 bits per heavy atom. The minimum Gasteiger partial charge on any atom is -0.444 e. The summed E-state index contributed by atoms with van der Waals surface area (Å²) in [5, 5.41) is 0. The third-order valence-corrected chi connectivity index (χ3v) is 5.02. The number of benzene rings is 1. The van der Waals surface area contributed by atoms with Crippen molar-refractivity contribution in [3.8, 4) is 0 Å². The first kappa shape index (κ1) is 21.8. The molecule has 8 heteroatoms. The van der Waals surface area contributed by atoms with E-state index >= 15 is 0 Å². The first-order chi connectivity index (χ1) is 14.2. The molecule has 1 saturated heterocycles. The molecule has 0 radical (unpaired) electrons. The second-order valence-electron chi connectivity index (χ2n) is 8.52. The van der Waals surface area contributed by atoms with Crippen molar-refractivity contribution in [2.45, 2.75) is 46.4 Å². The van der Waals surface area contributed by atoms with Gasteiger partial charge in [-0.25, -0.2) is 19.0 Å². The third-order valence-electron chi connectivity index (χ3n) is 5.02. The molecule has 1 aromatic carbocycles. The highest BCUT2D eigenvalue weighted by atomic mass is 19.1. The van der Waals surface area contributed by atoms with E-state index in [2.05, 4.69) is 19.3 Å². The maximum Gasteiger partial charge on any atom is 0.410 e. The van der Waals surface area contributed by atoms with Crippen LogP contribution in [0, 0.1) is 19.3 Å². The van der Waals surface area contributed by atoms with E-state index in [0.29, 0.717) is 26.2 Å². The van der Waals surface area contributed by atoms with E-state index in [1.165, 1.54) is 12.1 Å². The Labute approximate surface area is 176 Å². The lowest BCUT2D eigenvalue weighted by Gasteiger charge is -2.35. The Hall–Kier alpha value is -2.92. The van der Waals surface area contributed by atoms with E-state index in [1.807, 2.05) is 33.9 Å². The largest absolute Gasteiger partial charge is 0.444 e. The Bertz CT molecular complexity index is 949. The summed E-state index contributed by atoms with van der Waals surface area (Å²) < 4.78 is 21.5.